The Morgan fingerprint density at radius 2 is 2.24 bits per heavy atom. The summed E-state index contributed by atoms with van der Waals surface area (Å²) >= 11 is 3.07. The van der Waals surface area contributed by atoms with Gasteiger partial charge in [0, 0.05) is 11.6 Å². The zero-order valence-corrected chi connectivity index (χ0v) is 11.7. The molecule has 0 aromatic heterocycles. The molecule has 1 atom stereocenters. The van der Waals surface area contributed by atoms with Crippen LogP contribution in [0.15, 0.2) is 22.7 Å². The van der Waals surface area contributed by atoms with Crippen LogP contribution in [0.1, 0.15) is 43.5 Å². The molecule has 0 bridgehead atoms. The molecule has 0 radical (unpaired) electrons. The zero-order valence-electron chi connectivity index (χ0n) is 10.1. The quantitative estimate of drug-likeness (QED) is 0.878. The Labute approximate surface area is 110 Å². The van der Waals surface area contributed by atoms with Gasteiger partial charge in [-0.25, -0.2) is 4.39 Å². The molecule has 1 unspecified atom stereocenters. The van der Waals surface area contributed by atoms with E-state index in [1.807, 2.05) is 6.92 Å². The van der Waals surface area contributed by atoms with Crippen LogP contribution in [0.2, 0.25) is 0 Å². The zero-order chi connectivity index (χ0) is 12.8. The molecule has 0 aliphatic heterocycles. The van der Waals surface area contributed by atoms with E-state index in [1.165, 1.54) is 18.2 Å². The smallest absolute Gasteiger partial charge is 0.251 e. The van der Waals surface area contributed by atoms with Crippen LogP contribution in [0, 0.1) is 5.82 Å². The van der Waals surface area contributed by atoms with Crippen LogP contribution in [-0.4, -0.2) is 11.9 Å². The highest BCUT2D eigenvalue weighted by atomic mass is 79.9. The van der Waals surface area contributed by atoms with Gasteiger partial charge in [-0.3, -0.25) is 4.79 Å². The molecule has 0 aliphatic rings. The van der Waals surface area contributed by atoms with Gasteiger partial charge >= 0.3 is 0 Å². The molecule has 0 heterocycles. The Hall–Kier alpha value is -0.900. The predicted octanol–water partition coefficient (Wildman–Crippen LogP) is 3.90. The van der Waals surface area contributed by atoms with E-state index in [-0.39, 0.29) is 17.8 Å². The number of hydrogen-bond donors (Lipinski definition) is 1. The molecule has 1 amide bonds. The first-order valence-corrected chi connectivity index (χ1v) is 6.59. The third-order valence-electron chi connectivity index (χ3n) is 2.55. The fraction of sp³-hybridized carbons (Fsp3) is 0.462. The Morgan fingerprint density at radius 1 is 1.53 bits per heavy atom. The molecule has 1 N–H and O–H groups in total. The molecular formula is C13H17BrFNO. The number of carbonyl (C=O) groups excluding carboxylic acids is 1. The van der Waals surface area contributed by atoms with Crippen molar-refractivity contribution in [3.63, 3.8) is 0 Å². The lowest BCUT2D eigenvalue weighted by Crippen LogP contribution is -2.32. The second-order valence-corrected chi connectivity index (χ2v) is 5.00. The van der Waals surface area contributed by atoms with E-state index in [0.29, 0.717) is 10.0 Å². The molecule has 0 aliphatic carbocycles. The van der Waals surface area contributed by atoms with Crippen molar-refractivity contribution < 1.29 is 9.18 Å². The number of benzene rings is 1. The second-order valence-electron chi connectivity index (χ2n) is 4.15. The summed E-state index contributed by atoms with van der Waals surface area (Å²) in [6, 6.07) is 4.42. The summed E-state index contributed by atoms with van der Waals surface area (Å²) in [6.45, 7) is 4.09. The molecule has 1 aromatic rings. The number of unbranched alkanes of at least 4 members (excludes halogenated alkanes) is 1. The first-order chi connectivity index (χ1) is 8.04. The van der Waals surface area contributed by atoms with Crippen molar-refractivity contribution in [2.75, 3.05) is 0 Å². The van der Waals surface area contributed by atoms with Gasteiger partial charge in [-0.05, 0) is 47.5 Å². The van der Waals surface area contributed by atoms with Crippen LogP contribution in [0.25, 0.3) is 0 Å². The molecule has 1 aromatic carbocycles. The van der Waals surface area contributed by atoms with E-state index in [1.54, 1.807) is 0 Å². The van der Waals surface area contributed by atoms with E-state index in [4.69, 9.17) is 0 Å². The topological polar surface area (TPSA) is 29.1 Å². The molecule has 0 fully saturated rings. The molecule has 0 saturated heterocycles. The van der Waals surface area contributed by atoms with Gasteiger partial charge in [-0.2, -0.15) is 0 Å². The molecule has 4 heteroatoms. The highest BCUT2D eigenvalue weighted by Crippen LogP contribution is 2.17. The van der Waals surface area contributed by atoms with Gasteiger partial charge in [0.2, 0.25) is 0 Å². The van der Waals surface area contributed by atoms with E-state index in [9.17, 15) is 9.18 Å². The van der Waals surface area contributed by atoms with Crippen molar-refractivity contribution in [3.05, 3.63) is 34.1 Å². The Balaban J connectivity index is 2.60. The lowest BCUT2D eigenvalue weighted by molar-refractivity contribution is 0.0938. The van der Waals surface area contributed by atoms with E-state index in [0.717, 1.165) is 19.3 Å². The van der Waals surface area contributed by atoms with E-state index < -0.39 is 0 Å². The van der Waals surface area contributed by atoms with Crippen molar-refractivity contribution in [2.45, 2.75) is 39.2 Å². The van der Waals surface area contributed by atoms with Crippen LogP contribution in [0.4, 0.5) is 4.39 Å². The first-order valence-electron chi connectivity index (χ1n) is 5.80. The molecular weight excluding hydrogens is 285 g/mol. The molecule has 17 heavy (non-hydrogen) atoms. The summed E-state index contributed by atoms with van der Waals surface area (Å²) in [6.07, 6.45) is 3.17. The molecule has 2 nitrogen and oxygen atoms in total. The Kier molecular flexibility index (Phi) is 5.62. The fourth-order valence-corrected chi connectivity index (χ4v) is 1.91. The van der Waals surface area contributed by atoms with Gasteiger partial charge in [0.15, 0.2) is 0 Å². The van der Waals surface area contributed by atoms with Gasteiger partial charge in [0.25, 0.3) is 5.91 Å². The van der Waals surface area contributed by atoms with E-state index >= 15 is 0 Å². The third-order valence-corrected chi connectivity index (χ3v) is 3.16. The van der Waals surface area contributed by atoms with Crippen LogP contribution in [0.5, 0.6) is 0 Å². The Bertz CT molecular complexity index is 395. The summed E-state index contributed by atoms with van der Waals surface area (Å²) < 4.78 is 13.3. The third kappa shape index (κ3) is 4.46. The van der Waals surface area contributed by atoms with Crippen molar-refractivity contribution in [2.24, 2.45) is 0 Å². The monoisotopic (exact) mass is 301 g/mol. The maximum absolute atomic E-state index is 13.0. The molecule has 0 spiro atoms. The highest BCUT2D eigenvalue weighted by molar-refractivity contribution is 9.10. The van der Waals surface area contributed by atoms with Crippen molar-refractivity contribution in [3.8, 4) is 0 Å². The lowest BCUT2D eigenvalue weighted by Gasteiger charge is -2.13. The summed E-state index contributed by atoms with van der Waals surface area (Å²) in [7, 11) is 0. The van der Waals surface area contributed by atoms with Crippen LogP contribution in [0.3, 0.4) is 0 Å². The minimum Gasteiger partial charge on any atom is -0.350 e. The predicted molar refractivity (Wildman–Crippen MR) is 70.6 cm³/mol. The van der Waals surface area contributed by atoms with Crippen molar-refractivity contribution >= 4 is 21.8 Å². The summed E-state index contributed by atoms with van der Waals surface area (Å²) in [5, 5.41) is 2.90. The van der Waals surface area contributed by atoms with Crippen LogP contribution < -0.4 is 5.32 Å². The maximum atomic E-state index is 13.0. The average molecular weight is 302 g/mol. The van der Waals surface area contributed by atoms with Crippen LogP contribution in [-0.2, 0) is 0 Å². The summed E-state index contributed by atoms with van der Waals surface area (Å²) in [5.74, 6) is -0.519. The second kappa shape index (κ2) is 6.74. The number of amides is 1. The minimum atomic E-state index is -0.361. The van der Waals surface area contributed by atoms with Gasteiger partial charge < -0.3 is 5.32 Å². The first kappa shape index (κ1) is 14.2. The molecule has 1 rings (SSSR count). The van der Waals surface area contributed by atoms with Crippen LogP contribution >= 0.6 is 15.9 Å². The van der Waals surface area contributed by atoms with E-state index in [2.05, 4.69) is 28.2 Å². The standard InChI is InChI=1S/C13H17BrFNO/c1-3-4-5-9(2)16-13(17)10-6-7-12(15)11(14)8-10/h6-9H,3-5H2,1-2H3,(H,16,17). The number of nitrogens with one attached hydrogen (secondary N) is 1. The SMILES string of the molecule is CCCCC(C)NC(=O)c1ccc(F)c(Br)c1. The number of carbonyl (C=O) groups is 1. The van der Waals surface area contributed by atoms with Crippen molar-refractivity contribution in [1.29, 1.82) is 0 Å². The van der Waals surface area contributed by atoms with Gasteiger partial charge in [-0.15, -0.1) is 0 Å². The lowest BCUT2D eigenvalue weighted by atomic mass is 10.1. The number of rotatable bonds is 5. The largest absolute Gasteiger partial charge is 0.350 e. The average Bonchev–Trinajstić information content (AvgIpc) is 2.30. The normalized spacial score (nSPS) is 12.2. The summed E-state index contributed by atoms with van der Waals surface area (Å²) in [4.78, 5) is 11.8. The van der Waals surface area contributed by atoms with Gasteiger partial charge in [0.1, 0.15) is 5.82 Å². The Morgan fingerprint density at radius 3 is 2.82 bits per heavy atom. The van der Waals surface area contributed by atoms with Crippen molar-refractivity contribution in [1.82, 2.24) is 5.32 Å². The van der Waals surface area contributed by atoms with Gasteiger partial charge in [-0.1, -0.05) is 19.8 Å². The van der Waals surface area contributed by atoms with Gasteiger partial charge in [0.05, 0.1) is 4.47 Å². The molecule has 94 valence electrons. The summed E-state index contributed by atoms with van der Waals surface area (Å²) in [5.41, 5.74) is 0.474. The molecule has 0 saturated carbocycles. The number of hydrogen-bond acceptors (Lipinski definition) is 1. The maximum Gasteiger partial charge on any atom is 0.251 e. The highest BCUT2D eigenvalue weighted by Gasteiger charge is 2.11. The fourth-order valence-electron chi connectivity index (χ4n) is 1.53. The minimum absolute atomic E-state index is 0.145. The number of halogens is 2.